The van der Waals surface area contributed by atoms with Gasteiger partial charge in [-0.05, 0) is 17.7 Å². The molecule has 0 spiro atoms. The largest absolute Gasteiger partial charge is 0.477 e. The van der Waals surface area contributed by atoms with Gasteiger partial charge in [0.2, 0.25) is 0 Å². The number of halogens is 4. The summed E-state index contributed by atoms with van der Waals surface area (Å²) in [4.78, 5) is 10.1. The van der Waals surface area contributed by atoms with E-state index in [1.165, 1.54) is 12.1 Å². The minimum absolute atomic E-state index is 0.370. The highest BCUT2D eigenvalue weighted by atomic mass is 79.9. The topological polar surface area (TPSA) is 37.3 Å². The zero-order valence-electron chi connectivity index (χ0n) is 7.25. The van der Waals surface area contributed by atoms with E-state index in [1.807, 2.05) is 0 Å². The van der Waals surface area contributed by atoms with Crippen molar-refractivity contribution in [1.29, 1.82) is 0 Å². The van der Waals surface area contributed by atoms with Crippen LogP contribution in [0.15, 0.2) is 28.7 Å². The maximum Gasteiger partial charge on any atom is 0.378 e. The third kappa shape index (κ3) is 2.50. The Kier molecular flexibility index (Phi) is 3.38. The van der Waals surface area contributed by atoms with Gasteiger partial charge in [0, 0.05) is 4.47 Å². The first kappa shape index (κ1) is 12.0. The molecular weight excluding hydrogens is 277 g/mol. The second kappa shape index (κ2) is 4.22. The molecule has 1 unspecified atom stereocenters. The van der Waals surface area contributed by atoms with E-state index in [4.69, 9.17) is 5.11 Å². The SMILES string of the molecule is O=C(O)C(F)(F)C(F)c1ccc(Br)cc1. The second-order valence-corrected chi connectivity index (χ2v) is 3.76. The Morgan fingerprint density at radius 2 is 1.80 bits per heavy atom. The molecule has 6 heteroatoms. The monoisotopic (exact) mass is 282 g/mol. The number of carboxylic acids is 1. The molecule has 0 saturated carbocycles. The van der Waals surface area contributed by atoms with Gasteiger partial charge in [-0.15, -0.1) is 0 Å². The molecule has 1 rings (SSSR count). The summed E-state index contributed by atoms with van der Waals surface area (Å²) in [5.41, 5.74) is -0.370. The second-order valence-electron chi connectivity index (χ2n) is 2.84. The molecule has 1 aromatic rings. The molecule has 0 aliphatic heterocycles. The van der Waals surface area contributed by atoms with Gasteiger partial charge in [0.25, 0.3) is 0 Å². The van der Waals surface area contributed by atoms with Crippen molar-refractivity contribution in [3.63, 3.8) is 0 Å². The lowest BCUT2D eigenvalue weighted by molar-refractivity contribution is -0.175. The average Bonchev–Trinajstić information content (AvgIpc) is 2.17. The molecule has 0 fully saturated rings. The Hall–Kier alpha value is -1.04. The maximum absolute atomic E-state index is 13.1. The van der Waals surface area contributed by atoms with Gasteiger partial charge in [0.05, 0.1) is 0 Å². The molecule has 1 N–H and O–H groups in total. The highest BCUT2D eigenvalue weighted by Gasteiger charge is 2.49. The number of rotatable bonds is 3. The third-order valence-electron chi connectivity index (χ3n) is 1.77. The van der Waals surface area contributed by atoms with E-state index in [0.29, 0.717) is 4.47 Å². The van der Waals surface area contributed by atoms with Crippen molar-refractivity contribution in [1.82, 2.24) is 0 Å². The van der Waals surface area contributed by atoms with E-state index >= 15 is 0 Å². The molecule has 1 atom stereocenters. The van der Waals surface area contributed by atoms with E-state index in [0.717, 1.165) is 12.1 Å². The van der Waals surface area contributed by atoms with Gasteiger partial charge < -0.3 is 5.11 Å². The van der Waals surface area contributed by atoms with Crippen molar-refractivity contribution >= 4 is 21.9 Å². The fraction of sp³-hybridized carbons (Fsp3) is 0.222. The van der Waals surface area contributed by atoms with E-state index in [1.54, 1.807) is 0 Å². The molecule has 0 saturated heterocycles. The van der Waals surface area contributed by atoms with Crippen molar-refractivity contribution in [2.45, 2.75) is 12.1 Å². The number of alkyl halides is 3. The van der Waals surface area contributed by atoms with E-state index in [2.05, 4.69) is 15.9 Å². The van der Waals surface area contributed by atoms with Crippen molar-refractivity contribution in [2.24, 2.45) is 0 Å². The predicted molar refractivity (Wildman–Crippen MR) is 50.6 cm³/mol. The lowest BCUT2D eigenvalue weighted by atomic mass is 10.1. The normalized spacial score (nSPS) is 13.6. The Balaban J connectivity index is 2.99. The fourth-order valence-corrected chi connectivity index (χ4v) is 1.21. The van der Waals surface area contributed by atoms with Crippen LogP contribution >= 0.6 is 15.9 Å². The lowest BCUT2D eigenvalue weighted by Gasteiger charge is -2.16. The van der Waals surface area contributed by atoms with Gasteiger partial charge in [-0.1, -0.05) is 28.1 Å². The summed E-state index contributed by atoms with van der Waals surface area (Å²) in [5, 5.41) is 8.13. The highest BCUT2D eigenvalue weighted by molar-refractivity contribution is 9.10. The average molecular weight is 283 g/mol. The molecule has 0 amide bonds. The number of carbonyl (C=O) groups is 1. The molecule has 0 aromatic heterocycles. The van der Waals surface area contributed by atoms with Crippen LogP contribution in [-0.4, -0.2) is 17.0 Å². The molecule has 0 aliphatic carbocycles. The molecule has 1 aromatic carbocycles. The number of carboxylic acid groups (broad SMARTS) is 1. The maximum atomic E-state index is 13.1. The van der Waals surface area contributed by atoms with Crippen LogP contribution in [0.5, 0.6) is 0 Å². The van der Waals surface area contributed by atoms with Crippen molar-refractivity contribution < 1.29 is 23.1 Å². The van der Waals surface area contributed by atoms with Gasteiger partial charge in [-0.2, -0.15) is 8.78 Å². The van der Waals surface area contributed by atoms with E-state index in [9.17, 15) is 18.0 Å². The molecule has 15 heavy (non-hydrogen) atoms. The van der Waals surface area contributed by atoms with E-state index in [-0.39, 0.29) is 5.56 Å². The predicted octanol–water partition coefficient (Wildman–Crippen LogP) is 3.18. The molecule has 0 aliphatic rings. The van der Waals surface area contributed by atoms with Gasteiger partial charge in [-0.3, -0.25) is 0 Å². The number of benzene rings is 1. The van der Waals surface area contributed by atoms with Crippen LogP contribution in [0.4, 0.5) is 13.2 Å². The minimum Gasteiger partial charge on any atom is -0.477 e. The Morgan fingerprint density at radius 3 is 2.20 bits per heavy atom. The first-order valence-electron chi connectivity index (χ1n) is 3.86. The first-order valence-corrected chi connectivity index (χ1v) is 4.65. The summed E-state index contributed by atoms with van der Waals surface area (Å²) in [7, 11) is 0. The zero-order valence-corrected chi connectivity index (χ0v) is 8.84. The zero-order chi connectivity index (χ0) is 11.6. The molecule has 0 radical (unpaired) electrons. The molecule has 82 valence electrons. The van der Waals surface area contributed by atoms with Crippen LogP contribution in [0.2, 0.25) is 0 Å². The van der Waals surface area contributed by atoms with Crippen LogP contribution in [0.25, 0.3) is 0 Å². The lowest BCUT2D eigenvalue weighted by Crippen LogP contribution is -2.33. The molecule has 0 heterocycles. The summed E-state index contributed by atoms with van der Waals surface area (Å²) in [5.74, 6) is -6.88. The number of hydrogen-bond acceptors (Lipinski definition) is 1. The quantitative estimate of drug-likeness (QED) is 0.925. The molecule has 2 nitrogen and oxygen atoms in total. The van der Waals surface area contributed by atoms with Crippen LogP contribution in [0.3, 0.4) is 0 Å². The van der Waals surface area contributed by atoms with Crippen molar-refractivity contribution in [3.8, 4) is 0 Å². The Morgan fingerprint density at radius 1 is 1.33 bits per heavy atom. The van der Waals surface area contributed by atoms with Gasteiger partial charge >= 0.3 is 11.9 Å². The summed E-state index contributed by atoms with van der Waals surface area (Å²) < 4.78 is 39.2. The highest BCUT2D eigenvalue weighted by Crippen LogP contribution is 2.35. The summed E-state index contributed by atoms with van der Waals surface area (Å²) in [6.45, 7) is 0. The number of aliphatic carboxylic acids is 1. The fourth-order valence-electron chi connectivity index (χ4n) is 0.949. The summed E-state index contributed by atoms with van der Waals surface area (Å²) >= 11 is 3.05. The standard InChI is InChI=1S/C9H6BrF3O2/c10-6-3-1-5(2-4-6)7(11)9(12,13)8(14)15/h1-4,7H,(H,14,15). The van der Waals surface area contributed by atoms with Crippen LogP contribution in [0, 0.1) is 0 Å². The van der Waals surface area contributed by atoms with Crippen molar-refractivity contribution in [2.75, 3.05) is 0 Å². The van der Waals surface area contributed by atoms with Gasteiger partial charge in [0.15, 0.2) is 6.17 Å². The molecular formula is C9H6BrF3O2. The Labute approximate surface area is 91.8 Å². The smallest absolute Gasteiger partial charge is 0.378 e. The van der Waals surface area contributed by atoms with Crippen LogP contribution < -0.4 is 0 Å². The minimum atomic E-state index is -4.41. The summed E-state index contributed by atoms with van der Waals surface area (Å²) in [6.07, 6.45) is -2.84. The number of hydrogen-bond donors (Lipinski definition) is 1. The summed E-state index contributed by atoms with van der Waals surface area (Å²) in [6, 6.07) is 4.93. The Bertz CT molecular complexity index is 364. The van der Waals surface area contributed by atoms with Gasteiger partial charge in [-0.25, -0.2) is 9.18 Å². The van der Waals surface area contributed by atoms with Crippen molar-refractivity contribution in [3.05, 3.63) is 34.3 Å². The molecule has 0 bridgehead atoms. The van der Waals surface area contributed by atoms with Crippen LogP contribution in [-0.2, 0) is 4.79 Å². The first-order chi connectivity index (χ1) is 6.85. The third-order valence-corrected chi connectivity index (χ3v) is 2.29. The van der Waals surface area contributed by atoms with E-state index < -0.39 is 18.1 Å². The van der Waals surface area contributed by atoms with Crippen LogP contribution in [0.1, 0.15) is 11.7 Å². The van der Waals surface area contributed by atoms with Gasteiger partial charge in [0.1, 0.15) is 0 Å².